The van der Waals surface area contributed by atoms with E-state index in [0.717, 1.165) is 0 Å². The molecule has 2 fully saturated rings. The third-order valence-electron chi connectivity index (χ3n) is 3.23. The van der Waals surface area contributed by atoms with Crippen molar-refractivity contribution in [1.82, 2.24) is 0 Å². The quantitative estimate of drug-likeness (QED) is 0.650. The molecule has 3 atom stereocenters. The summed E-state index contributed by atoms with van der Waals surface area (Å²) in [6, 6.07) is 0. The van der Waals surface area contributed by atoms with E-state index in [0.29, 0.717) is 0 Å². The van der Waals surface area contributed by atoms with Gasteiger partial charge in [0.05, 0.1) is 38.4 Å². The summed E-state index contributed by atoms with van der Waals surface area (Å²) in [4.78, 5) is 34.1. The van der Waals surface area contributed by atoms with Gasteiger partial charge in [-0.15, -0.1) is 0 Å². The van der Waals surface area contributed by atoms with E-state index in [-0.39, 0.29) is 25.2 Å². The molecule has 6 nitrogen and oxygen atoms in total. The SMILES string of the molecule is COC(=O)[C@@H]1CO[C@@]2(CC(C)=O)OC(=O)C[C@@H]12. The number of Topliss-reactive ketones (excluding diaryl/α,β-unsaturated/α-hetero) is 1. The van der Waals surface area contributed by atoms with E-state index >= 15 is 0 Å². The van der Waals surface area contributed by atoms with E-state index < -0.39 is 29.6 Å². The van der Waals surface area contributed by atoms with Crippen molar-refractivity contribution in [3.05, 3.63) is 0 Å². The first-order valence-electron chi connectivity index (χ1n) is 5.41. The molecule has 0 aliphatic carbocycles. The standard InChI is InChI=1S/C11H14O6/c1-6(12)4-11-8(3-9(13)17-11)7(5-16-11)10(14)15-2/h7-8H,3-5H2,1-2H3/t7-,8+,11+/m1/s1. The summed E-state index contributed by atoms with van der Waals surface area (Å²) in [7, 11) is 1.28. The number of carbonyl (C=O) groups excluding carboxylic acids is 3. The van der Waals surface area contributed by atoms with Crippen LogP contribution in [0.2, 0.25) is 0 Å². The van der Waals surface area contributed by atoms with Crippen LogP contribution in [0.4, 0.5) is 0 Å². The number of methoxy groups -OCH3 is 1. The average molecular weight is 242 g/mol. The predicted molar refractivity (Wildman–Crippen MR) is 53.7 cm³/mol. The van der Waals surface area contributed by atoms with Gasteiger partial charge < -0.3 is 14.2 Å². The summed E-state index contributed by atoms with van der Waals surface area (Å²) >= 11 is 0. The summed E-state index contributed by atoms with van der Waals surface area (Å²) in [6.45, 7) is 1.52. The first-order valence-corrected chi connectivity index (χ1v) is 5.41. The number of esters is 2. The second-order valence-corrected chi connectivity index (χ2v) is 4.42. The molecule has 2 rings (SSSR count). The lowest BCUT2D eigenvalue weighted by atomic mass is 9.85. The van der Waals surface area contributed by atoms with Crippen LogP contribution in [0.15, 0.2) is 0 Å². The molecule has 0 radical (unpaired) electrons. The number of hydrogen-bond acceptors (Lipinski definition) is 6. The van der Waals surface area contributed by atoms with Gasteiger partial charge in [0.1, 0.15) is 5.78 Å². The Kier molecular flexibility index (Phi) is 2.91. The second kappa shape index (κ2) is 4.10. The third-order valence-corrected chi connectivity index (χ3v) is 3.23. The van der Waals surface area contributed by atoms with Gasteiger partial charge in [-0.3, -0.25) is 14.4 Å². The maximum atomic E-state index is 11.5. The average Bonchev–Trinajstić information content (AvgIpc) is 2.69. The van der Waals surface area contributed by atoms with Crippen molar-refractivity contribution in [3.8, 4) is 0 Å². The molecule has 94 valence electrons. The maximum Gasteiger partial charge on any atom is 0.311 e. The van der Waals surface area contributed by atoms with Crippen LogP contribution in [0.5, 0.6) is 0 Å². The van der Waals surface area contributed by atoms with Gasteiger partial charge in [0.15, 0.2) is 0 Å². The Morgan fingerprint density at radius 3 is 2.82 bits per heavy atom. The molecular formula is C11H14O6. The Labute approximate surface area is 98.2 Å². The summed E-state index contributed by atoms with van der Waals surface area (Å²) in [5.41, 5.74) is 0. The zero-order chi connectivity index (χ0) is 12.6. The molecule has 0 bridgehead atoms. The van der Waals surface area contributed by atoms with Crippen molar-refractivity contribution in [1.29, 1.82) is 0 Å². The number of fused-ring (bicyclic) bond motifs is 1. The highest BCUT2D eigenvalue weighted by Crippen LogP contribution is 2.47. The van der Waals surface area contributed by atoms with E-state index in [9.17, 15) is 14.4 Å². The van der Waals surface area contributed by atoms with Gasteiger partial charge in [0.2, 0.25) is 5.79 Å². The molecule has 2 heterocycles. The molecule has 0 saturated carbocycles. The Hall–Kier alpha value is -1.43. The fourth-order valence-electron chi connectivity index (χ4n) is 2.53. The van der Waals surface area contributed by atoms with Gasteiger partial charge in [-0.05, 0) is 6.92 Å². The van der Waals surface area contributed by atoms with E-state index in [4.69, 9.17) is 9.47 Å². The molecule has 0 amide bonds. The lowest BCUT2D eigenvalue weighted by Crippen LogP contribution is -2.37. The van der Waals surface area contributed by atoms with Crippen LogP contribution in [0.1, 0.15) is 19.8 Å². The van der Waals surface area contributed by atoms with E-state index in [2.05, 4.69) is 4.74 Å². The highest BCUT2D eigenvalue weighted by Gasteiger charge is 2.61. The third kappa shape index (κ3) is 1.93. The Morgan fingerprint density at radius 2 is 2.24 bits per heavy atom. The minimum Gasteiger partial charge on any atom is -0.469 e. The monoisotopic (exact) mass is 242 g/mol. The van der Waals surface area contributed by atoms with Gasteiger partial charge in [-0.1, -0.05) is 0 Å². The van der Waals surface area contributed by atoms with Crippen molar-refractivity contribution in [2.45, 2.75) is 25.6 Å². The molecule has 17 heavy (non-hydrogen) atoms. The number of carbonyl (C=O) groups is 3. The van der Waals surface area contributed by atoms with E-state index in [1.54, 1.807) is 0 Å². The number of rotatable bonds is 3. The fourth-order valence-corrected chi connectivity index (χ4v) is 2.53. The van der Waals surface area contributed by atoms with Gasteiger partial charge in [-0.2, -0.15) is 0 Å². The largest absolute Gasteiger partial charge is 0.469 e. The van der Waals surface area contributed by atoms with Crippen LogP contribution < -0.4 is 0 Å². The summed E-state index contributed by atoms with van der Waals surface area (Å²) in [5.74, 6) is -3.22. The first kappa shape index (κ1) is 12.0. The highest BCUT2D eigenvalue weighted by atomic mass is 16.7. The Morgan fingerprint density at radius 1 is 1.53 bits per heavy atom. The normalized spacial score (nSPS) is 35.3. The molecule has 0 aromatic rings. The molecule has 2 aliphatic heterocycles. The molecule has 0 spiro atoms. The van der Waals surface area contributed by atoms with Gasteiger partial charge in [0, 0.05) is 0 Å². The van der Waals surface area contributed by atoms with Gasteiger partial charge >= 0.3 is 11.9 Å². The van der Waals surface area contributed by atoms with Gasteiger partial charge in [0.25, 0.3) is 0 Å². The van der Waals surface area contributed by atoms with Crippen LogP contribution >= 0.6 is 0 Å². The van der Waals surface area contributed by atoms with E-state index in [1.807, 2.05) is 0 Å². The lowest BCUT2D eigenvalue weighted by molar-refractivity contribution is -0.204. The predicted octanol–water partition coefficient (Wildman–Crippen LogP) is 0.0443. The smallest absolute Gasteiger partial charge is 0.311 e. The van der Waals surface area contributed by atoms with E-state index in [1.165, 1.54) is 14.0 Å². The first-order chi connectivity index (χ1) is 7.98. The number of ether oxygens (including phenoxy) is 3. The molecular weight excluding hydrogens is 228 g/mol. The van der Waals surface area contributed by atoms with Crippen LogP contribution in [-0.2, 0) is 28.6 Å². The minimum atomic E-state index is -1.25. The van der Waals surface area contributed by atoms with Crippen LogP contribution in [0, 0.1) is 11.8 Å². The summed E-state index contributed by atoms with van der Waals surface area (Å²) in [5, 5.41) is 0. The van der Waals surface area contributed by atoms with Crippen molar-refractivity contribution >= 4 is 17.7 Å². The maximum absolute atomic E-state index is 11.5. The van der Waals surface area contributed by atoms with Crippen molar-refractivity contribution in [3.63, 3.8) is 0 Å². The molecule has 2 saturated heterocycles. The summed E-state index contributed by atoms with van der Waals surface area (Å²) < 4.78 is 15.2. The molecule has 0 aromatic heterocycles. The highest BCUT2D eigenvalue weighted by molar-refractivity contribution is 5.81. The molecule has 0 N–H and O–H groups in total. The molecule has 0 unspecified atom stereocenters. The van der Waals surface area contributed by atoms with Gasteiger partial charge in [-0.25, -0.2) is 0 Å². The number of ketones is 1. The molecule has 0 aromatic carbocycles. The summed E-state index contributed by atoms with van der Waals surface area (Å²) in [6.07, 6.45) is 0.0734. The lowest BCUT2D eigenvalue weighted by Gasteiger charge is -2.25. The van der Waals surface area contributed by atoms with Crippen molar-refractivity contribution in [2.24, 2.45) is 11.8 Å². The fraction of sp³-hybridized carbons (Fsp3) is 0.727. The van der Waals surface area contributed by atoms with Crippen LogP contribution in [0.25, 0.3) is 0 Å². The zero-order valence-corrected chi connectivity index (χ0v) is 9.73. The Balaban J connectivity index is 2.23. The zero-order valence-electron chi connectivity index (χ0n) is 9.73. The molecule has 2 aliphatic rings. The van der Waals surface area contributed by atoms with Crippen molar-refractivity contribution < 1.29 is 28.6 Å². The number of hydrogen-bond donors (Lipinski definition) is 0. The topological polar surface area (TPSA) is 78.9 Å². The minimum absolute atomic E-state index is 0.0170. The second-order valence-electron chi connectivity index (χ2n) is 4.42. The van der Waals surface area contributed by atoms with Crippen LogP contribution in [0.3, 0.4) is 0 Å². The van der Waals surface area contributed by atoms with Crippen molar-refractivity contribution in [2.75, 3.05) is 13.7 Å². The molecule has 6 heteroatoms. The Bertz CT molecular complexity index is 376. The van der Waals surface area contributed by atoms with Crippen LogP contribution in [-0.4, -0.2) is 37.2 Å².